The third-order valence-electron chi connectivity index (χ3n) is 4.70. The monoisotopic (exact) mass is 517 g/mol. The lowest BCUT2D eigenvalue weighted by molar-refractivity contribution is 0.146. The lowest BCUT2D eigenvalue weighted by atomic mass is 10.3. The summed E-state index contributed by atoms with van der Waals surface area (Å²) < 4.78 is 15.8. The number of aliphatic imine (C=N–C) groups is 1. The lowest BCUT2D eigenvalue weighted by Crippen LogP contribution is -2.52. The van der Waals surface area contributed by atoms with Crippen molar-refractivity contribution in [3.8, 4) is 0 Å². The number of halogens is 1. The Balaban J connectivity index is 0.00000300. The Morgan fingerprint density at radius 3 is 2.79 bits per heavy atom. The maximum absolute atomic E-state index is 5.42. The highest BCUT2D eigenvalue weighted by atomic mass is 127. The van der Waals surface area contributed by atoms with Gasteiger partial charge in [0.05, 0.1) is 12.0 Å². The van der Waals surface area contributed by atoms with Crippen LogP contribution >= 0.6 is 24.0 Å². The van der Waals surface area contributed by atoms with Crippen LogP contribution in [0.3, 0.4) is 0 Å². The minimum absolute atomic E-state index is 0. The molecule has 0 aliphatic carbocycles. The van der Waals surface area contributed by atoms with E-state index < -0.39 is 0 Å². The summed E-state index contributed by atoms with van der Waals surface area (Å²) in [6, 6.07) is 5.85. The molecule has 3 rings (SSSR count). The molecule has 1 aliphatic heterocycles. The lowest BCUT2D eigenvalue weighted by Gasteiger charge is -2.36. The van der Waals surface area contributed by atoms with Gasteiger partial charge >= 0.3 is 0 Å². The fraction of sp³-hybridized carbons (Fsp3) is 0.600. The van der Waals surface area contributed by atoms with Crippen LogP contribution in [0.25, 0.3) is 0 Å². The average Bonchev–Trinajstić information content (AvgIpc) is 3.41. The van der Waals surface area contributed by atoms with E-state index in [1.54, 1.807) is 12.5 Å². The van der Waals surface area contributed by atoms with Gasteiger partial charge in [0.15, 0.2) is 5.96 Å². The molecule has 1 fully saturated rings. The Bertz CT molecular complexity index is 670. The summed E-state index contributed by atoms with van der Waals surface area (Å²) in [6.45, 7) is 9.76. The van der Waals surface area contributed by atoms with Crippen LogP contribution in [0.2, 0.25) is 0 Å². The zero-order valence-electron chi connectivity index (χ0n) is 17.1. The summed E-state index contributed by atoms with van der Waals surface area (Å²) in [5, 5.41) is 7.52. The summed E-state index contributed by atoms with van der Waals surface area (Å²) in [5.74, 6) is 1.96. The fourth-order valence-corrected chi connectivity index (χ4v) is 3.18. The molecule has 0 spiro atoms. The van der Waals surface area contributed by atoms with Crippen molar-refractivity contribution in [1.82, 2.24) is 20.3 Å². The van der Waals surface area contributed by atoms with E-state index in [-0.39, 0.29) is 24.0 Å². The van der Waals surface area contributed by atoms with Crippen molar-refractivity contribution in [3.05, 3.63) is 42.2 Å². The number of rotatable bonds is 10. The number of nitrogens with zero attached hydrogens (tertiary/aromatic N) is 4. The van der Waals surface area contributed by atoms with E-state index in [9.17, 15) is 0 Å². The minimum Gasteiger partial charge on any atom is -0.469 e. The van der Waals surface area contributed by atoms with Crippen molar-refractivity contribution in [2.24, 2.45) is 4.99 Å². The van der Waals surface area contributed by atoms with E-state index in [0.717, 1.165) is 89.3 Å². The van der Waals surface area contributed by atoms with Crippen LogP contribution in [0, 0.1) is 0 Å². The standard InChI is InChI=1S/C20H31N5O3.HI/c1-2-26-14-4-8-21-20(22-9-6-19-5-3-15-27-19)25-12-10-24(11-13-25)17-18-7-16-28-23-18;/h3,5,7,15-16H,2,4,6,8-14,17H2,1H3,(H,21,22);1H. The molecule has 162 valence electrons. The van der Waals surface area contributed by atoms with Gasteiger partial charge < -0.3 is 23.9 Å². The van der Waals surface area contributed by atoms with Crippen LogP contribution in [0.1, 0.15) is 24.8 Å². The molecule has 0 radical (unpaired) electrons. The van der Waals surface area contributed by atoms with Gasteiger partial charge in [0, 0.05) is 71.5 Å². The molecular formula is C20H32IN5O3. The molecule has 29 heavy (non-hydrogen) atoms. The number of ether oxygens (including phenoxy) is 1. The third kappa shape index (κ3) is 8.35. The van der Waals surface area contributed by atoms with Crippen molar-refractivity contribution < 1.29 is 13.7 Å². The molecule has 0 bridgehead atoms. The number of hydrogen-bond donors (Lipinski definition) is 1. The Morgan fingerprint density at radius 1 is 1.24 bits per heavy atom. The molecular weight excluding hydrogens is 485 g/mol. The molecule has 8 nitrogen and oxygen atoms in total. The van der Waals surface area contributed by atoms with Crippen molar-refractivity contribution in [1.29, 1.82) is 0 Å². The highest BCUT2D eigenvalue weighted by Crippen LogP contribution is 2.08. The maximum atomic E-state index is 5.42. The number of nitrogens with one attached hydrogen (secondary N) is 1. The van der Waals surface area contributed by atoms with E-state index in [0.29, 0.717) is 0 Å². The van der Waals surface area contributed by atoms with E-state index in [1.165, 1.54) is 0 Å². The average molecular weight is 517 g/mol. The van der Waals surface area contributed by atoms with E-state index >= 15 is 0 Å². The van der Waals surface area contributed by atoms with Gasteiger partial charge in [-0.25, -0.2) is 0 Å². The van der Waals surface area contributed by atoms with Crippen molar-refractivity contribution >= 4 is 29.9 Å². The molecule has 3 heterocycles. The van der Waals surface area contributed by atoms with Gasteiger partial charge in [0.2, 0.25) is 0 Å². The molecule has 0 amide bonds. The fourth-order valence-electron chi connectivity index (χ4n) is 3.18. The van der Waals surface area contributed by atoms with Crippen LogP contribution in [-0.2, 0) is 17.7 Å². The number of piperazine rings is 1. The van der Waals surface area contributed by atoms with Gasteiger partial charge in [0.25, 0.3) is 0 Å². The zero-order valence-corrected chi connectivity index (χ0v) is 19.4. The summed E-state index contributed by atoms with van der Waals surface area (Å²) in [7, 11) is 0. The van der Waals surface area contributed by atoms with Crippen molar-refractivity contribution in [3.63, 3.8) is 0 Å². The van der Waals surface area contributed by atoms with Crippen LogP contribution in [0.15, 0.2) is 44.7 Å². The molecule has 0 atom stereocenters. The number of hydrogen-bond acceptors (Lipinski definition) is 6. The predicted octanol–water partition coefficient (Wildman–Crippen LogP) is 2.62. The maximum Gasteiger partial charge on any atom is 0.194 e. The van der Waals surface area contributed by atoms with E-state index in [2.05, 4.69) is 20.3 Å². The number of furan rings is 1. The molecule has 0 aromatic carbocycles. The normalized spacial score (nSPS) is 15.3. The summed E-state index contributed by atoms with van der Waals surface area (Å²) in [4.78, 5) is 9.54. The molecule has 1 aliphatic rings. The van der Waals surface area contributed by atoms with E-state index in [1.807, 2.05) is 25.1 Å². The van der Waals surface area contributed by atoms with Gasteiger partial charge in [-0.2, -0.15) is 0 Å². The summed E-state index contributed by atoms with van der Waals surface area (Å²) in [5.41, 5.74) is 0.981. The van der Waals surface area contributed by atoms with Crippen LogP contribution in [0.5, 0.6) is 0 Å². The van der Waals surface area contributed by atoms with Gasteiger partial charge in [-0.15, -0.1) is 24.0 Å². The third-order valence-corrected chi connectivity index (χ3v) is 4.70. The number of guanidine groups is 1. The highest BCUT2D eigenvalue weighted by Gasteiger charge is 2.20. The van der Waals surface area contributed by atoms with Crippen LogP contribution < -0.4 is 5.32 Å². The second kappa shape index (κ2) is 13.6. The molecule has 1 saturated heterocycles. The van der Waals surface area contributed by atoms with E-state index in [4.69, 9.17) is 18.7 Å². The second-order valence-electron chi connectivity index (χ2n) is 6.77. The first-order valence-corrected chi connectivity index (χ1v) is 10.1. The molecule has 9 heteroatoms. The summed E-state index contributed by atoms with van der Waals surface area (Å²) in [6.07, 6.45) is 5.12. The highest BCUT2D eigenvalue weighted by molar-refractivity contribution is 14.0. The zero-order chi connectivity index (χ0) is 19.4. The Hall–Kier alpha value is -1.59. The van der Waals surface area contributed by atoms with Crippen molar-refractivity contribution in [2.75, 3.05) is 52.5 Å². The molecule has 1 N–H and O–H groups in total. The van der Waals surface area contributed by atoms with Crippen LogP contribution in [0.4, 0.5) is 0 Å². The smallest absolute Gasteiger partial charge is 0.194 e. The molecule has 2 aromatic heterocycles. The van der Waals surface area contributed by atoms with Crippen molar-refractivity contribution in [2.45, 2.75) is 26.3 Å². The first kappa shape index (κ1) is 23.7. The van der Waals surface area contributed by atoms with Gasteiger partial charge in [0.1, 0.15) is 12.0 Å². The Labute approximate surface area is 189 Å². The number of aromatic nitrogens is 1. The topological polar surface area (TPSA) is 79.3 Å². The second-order valence-corrected chi connectivity index (χ2v) is 6.77. The largest absolute Gasteiger partial charge is 0.469 e. The first-order valence-electron chi connectivity index (χ1n) is 10.1. The molecule has 2 aromatic rings. The Morgan fingerprint density at radius 2 is 2.10 bits per heavy atom. The molecule has 0 saturated carbocycles. The SMILES string of the molecule is CCOCCCN=C(NCCc1ccco1)N1CCN(Cc2ccon2)CC1.I. The van der Waals surface area contributed by atoms with Gasteiger partial charge in [-0.05, 0) is 25.5 Å². The minimum atomic E-state index is 0. The first-order chi connectivity index (χ1) is 13.8. The van der Waals surface area contributed by atoms with Crippen LogP contribution in [-0.4, -0.2) is 73.4 Å². The van der Waals surface area contributed by atoms with Gasteiger partial charge in [-0.1, -0.05) is 5.16 Å². The molecule has 0 unspecified atom stereocenters. The Kier molecular flexibility index (Phi) is 11.1. The quantitative estimate of drug-likeness (QED) is 0.225. The summed E-state index contributed by atoms with van der Waals surface area (Å²) >= 11 is 0. The predicted molar refractivity (Wildman–Crippen MR) is 123 cm³/mol. The van der Waals surface area contributed by atoms with Gasteiger partial charge in [-0.3, -0.25) is 9.89 Å².